The van der Waals surface area contributed by atoms with Gasteiger partial charge in [0.15, 0.2) is 0 Å². The minimum atomic E-state index is -0.359. The van der Waals surface area contributed by atoms with Gasteiger partial charge in [-0.2, -0.15) is 4.98 Å². The number of aromatic nitrogens is 2. The van der Waals surface area contributed by atoms with Gasteiger partial charge in [-0.1, -0.05) is 13.3 Å². The molecule has 13 heavy (non-hydrogen) atoms. The van der Waals surface area contributed by atoms with Crippen molar-refractivity contribution in [2.75, 3.05) is 5.43 Å². The monoisotopic (exact) mass is 184 g/mol. The molecular weight excluding hydrogens is 172 g/mol. The number of aromatic hydroxyl groups is 1. The smallest absolute Gasteiger partial charge is 0.259 e. The zero-order valence-corrected chi connectivity index (χ0v) is 7.29. The second-order valence-corrected chi connectivity index (χ2v) is 2.61. The van der Waals surface area contributed by atoms with Crippen molar-refractivity contribution >= 4 is 5.95 Å². The molecule has 0 aliphatic heterocycles. The van der Waals surface area contributed by atoms with Crippen molar-refractivity contribution in [2.24, 2.45) is 5.84 Å². The molecule has 0 aromatic carbocycles. The number of nitrogens with one attached hydrogen (secondary N) is 2. The third kappa shape index (κ3) is 1.97. The molecule has 0 saturated heterocycles. The Morgan fingerprint density at radius 1 is 1.69 bits per heavy atom. The summed E-state index contributed by atoms with van der Waals surface area (Å²) in [6.45, 7) is 1.91. The van der Waals surface area contributed by atoms with E-state index >= 15 is 0 Å². The van der Waals surface area contributed by atoms with E-state index in [0.717, 1.165) is 6.42 Å². The highest BCUT2D eigenvalue weighted by atomic mass is 16.3. The summed E-state index contributed by atoms with van der Waals surface area (Å²) in [5, 5.41) is 9.31. The first-order chi connectivity index (χ1) is 6.19. The Balaban J connectivity index is 3.15. The van der Waals surface area contributed by atoms with Gasteiger partial charge in [0.1, 0.15) is 0 Å². The number of nitrogen functional groups attached to an aromatic ring is 1. The van der Waals surface area contributed by atoms with Crippen molar-refractivity contribution in [2.45, 2.75) is 19.8 Å². The number of nitrogens with zero attached hydrogens (tertiary/aromatic N) is 1. The van der Waals surface area contributed by atoms with Gasteiger partial charge in [-0.15, -0.1) is 0 Å². The van der Waals surface area contributed by atoms with Crippen LogP contribution in [-0.2, 0) is 6.42 Å². The summed E-state index contributed by atoms with van der Waals surface area (Å²) in [6.07, 6.45) is 1.27. The van der Waals surface area contributed by atoms with Crippen LogP contribution in [-0.4, -0.2) is 15.1 Å². The quantitative estimate of drug-likeness (QED) is 0.382. The third-order valence-electron chi connectivity index (χ3n) is 1.63. The Morgan fingerprint density at radius 2 is 2.38 bits per heavy atom. The van der Waals surface area contributed by atoms with E-state index in [-0.39, 0.29) is 17.4 Å². The third-order valence-corrected chi connectivity index (χ3v) is 1.63. The van der Waals surface area contributed by atoms with Gasteiger partial charge < -0.3 is 5.11 Å². The maximum Gasteiger partial charge on any atom is 0.259 e. The second kappa shape index (κ2) is 3.90. The molecule has 1 aromatic heterocycles. The number of hydrazine groups is 1. The number of hydrogen-bond acceptors (Lipinski definition) is 5. The van der Waals surface area contributed by atoms with Crippen molar-refractivity contribution in [1.82, 2.24) is 9.97 Å². The van der Waals surface area contributed by atoms with Crippen LogP contribution >= 0.6 is 0 Å². The molecule has 6 heteroatoms. The second-order valence-electron chi connectivity index (χ2n) is 2.61. The highest BCUT2D eigenvalue weighted by molar-refractivity contribution is 5.31. The van der Waals surface area contributed by atoms with E-state index < -0.39 is 0 Å². The van der Waals surface area contributed by atoms with E-state index in [1.807, 2.05) is 6.92 Å². The number of hydrogen-bond donors (Lipinski definition) is 4. The molecule has 0 aliphatic carbocycles. The standard InChI is InChI=1S/C7H12N4O2/c1-2-3-4-5(12)9-7(11-8)10-6(4)13/h2-3,8H2,1H3,(H3,9,10,11,12,13). The fourth-order valence-electron chi connectivity index (χ4n) is 1.03. The topological polar surface area (TPSA) is 104 Å². The molecule has 1 aromatic rings. The molecule has 0 fully saturated rings. The molecule has 6 nitrogen and oxygen atoms in total. The predicted octanol–water partition coefficient (Wildman–Crippen LogP) is -0.286. The number of anilines is 1. The number of rotatable bonds is 3. The van der Waals surface area contributed by atoms with Crippen molar-refractivity contribution in [3.05, 3.63) is 15.9 Å². The van der Waals surface area contributed by atoms with Crippen LogP contribution in [0.15, 0.2) is 4.79 Å². The molecule has 0 saturated carbocycles. The molecule has 5 N–H and O–H groups in total. The van der Waals surface area contributed by atoms with Gasteiger partial charge in [0, 0.05) is 0 Å². The van der Waals surface area contributed by atoms with E-state index in [2.05, 4.69) is 15.4 Å². The summed E-state index contributed by atoms with van der Waals surface area (Å²) >= 11 is 0. The maximum absolute atomic E-state index is 11.3. The largest absolute Gasteiger partial charge is 0.493 e. The minimum Gasteiger partial charge on any atom is -0.493 e. The van der Waals surface area contributed by atoms with Crippen molar-refractivity contribution < 1.29 is 5.11 Å². The van der Waals surface area contributed by atoms with E-state index in [1.165, 1.54) is 0 Å². The molecule has 72 valence electrons. The number of aromatic amines is 1. The molecule has 0 spiro atoms. The average molecular weight is 184 g/mol. The first-order valence-electron chi connectivity index (χ1n) is 3.97. The molecule has 0 aliphatic rings. The SMILES string of the molecule is CCCc1c(O)nc(NN)[nH]c1=O. The Hall–Kier alpha value is -1.56. The van der Waals surface area contributed by atoms with Crippen LogP contribution in [0.2, 0.25) is 0 Å². The summed E-state index contributed by atoms with van der Waals surface area (Å²) < 4.78 is 0. The normalized spacial score (nSPS) is 10.0. The van der Waals surface area contributed by atoms with E-state index in [9.17, 15) is 9.90 Å². The fourth-order valence-corrected chi connectivity index (χ4v) is 1.03. The Labute approximate surface area is 74.8 Å². The first-order valence-corrected chi connectivity index (χ1v) is 3.97. The van der Waals surface area contributed by atoms with Gasteiger partial charge in [0.2, 0.25) is 11.8 Å². The van der Waals surface area contributed by atoms with Crippen LogP contribution in [0.3, 0.4) is 0 Å². The van der Waals surface area contributed by atoms with Gasteiger partial charge in [-0.25, -0.2) is 5.84 Å². The summed E-state index contributed by atoms with van der Waals surface area (Å²) in [5.74, 6) is 4.81. The molecule has 1 rings (SSSR count). The summed E-state index contributed by atoms with van der Waals surface area (Å²) in [5.41, 5.74) is 2.09. The Kier molecular flexibility index (Phi) is 2.86. The highest BCUT2D eigenvalue weighted by Crippen LogP contribution is 2.11. The molecule has 0 atom stereocenters. The minimum absolute atomic E-state index is 0.0577. The molecule has 1 heterocycles. The first kappa shape index (κ1) is 9.53. The molecule has 0 unspecified atom stereocenters. The lowest BCUT2D eigenvalue weighted by Gasteiger charge is -2.03. The van der Waals surface area contributed by atoms with Crippen molar-refractivity contribution in [3.63, 3.8) is 0 Å². The van der Waals surface area contributed by atoms with Crippen LogP contribution in [0, 0.1) is 0 Å². The number of H-pyrrole nitrogens is 1. The summed E-state index contributed by atoms with van der Waals surface area (Å²) in [4.78, 5) is 17.3. The lowest BCUT2D eigenvalue weighted by molar-refractivity contribution is 0.443. The predicted molar refractivity (Wildman–Crippen MR) is 48.3 cm³/mol. The van der Waals surface area contributed by atoms with Crippen LogP contribution in [0.5, 0.6) is 5.88 Å². The average Bonchev–Trinajstić information content (AvgIpc) is 2.11. The molecule has 0 bridgehead atoms. The molecular formula is C7H12N4O2. The zero-order chi connectivity index (χ0) is 9.84. The van der Waals surface area contributed by atoms with Crippen molar-refractivity contribution in [1.29, 1.82) is 0 Å². The van der Waals surface area contributed by atoms with E-state index in [0.29, 0.717) is 12.0 Å². The van der Waals surface area contributed by atoms with Gasteiger partial charge in [-0.05, 0) is 6.42 Å². The maximum atomic E-state index is 11.3. The van der Waals surface area contributed by atoms with Crippen molar-refractivity contribution in [3.8, 4) is 5.88 Å². The zero-order valence-electron chi connectivity index (χ0n) is 7.29. The fraction of sp³-hybridized carbons (Fsp3) is 0.429. The lowest BCUT2D eigenvalue weighted by Crippen LogP contribution is -2.19. The van der Waals surface area contributed by atoms with Crippen LogP contribution in [0.25, 0.3) is 0 Å². The Bertz CT molecular complexity index is 347. The molecule has 0 amide bonds. The molecule has 0 radical (unpaired) electrons. The van der Waals surface area contributed by atoms with Crippen LogP contribution in [0.1, 0.15) is 18.9 Å². The van der Waals surface area contributed by atoms with E-state index in [1.54, 1.807) is 0 Å². The van der Waals surface area contributed by atoms with E-state index in [4.69, 9.17) is 5.84 Å². The lowest BCUT2D eigenvalue weighted by atomic mass is 10.2. The van der Waals surface area contributed by atoms with Gasteiger partial charge in [0.25, 0.3) is 5.56 Å². The number of nitrogens with two attached hydrogens (primary N) is 1. The van der Waals surface area contributed by atoms with Crippen LogP contribution < -0.4 is 16.8 Å². The van der Waals surface area contributed by atoms with Gasteiger partial charge in [-0.3, -0.25) is 15.2 Å². The summed E-state index contributed by atoms with van der Waals surface area (Å²) in [7, 11) is 0. The highest BCUT2D eigenvalue weighted by Gasteiger charge is 2.08. The van der Waals surface area contributed by atoms with Gasteiger partial charge in [0.05, 0.1) is 5.56 Å². The van der Waals surface area contributed by atoms with Crippen LogP contribution in [0.4, 0.5) is 5.95 Å². The summed E-state index contributed by atoms with van der Waals surface area (Å²) in [6, 6.07) is 0. The van der Waals surface area contributed by atoms with Gasteiger partial charge >= 0.3 is 0 Å². The Morgan fingerprint density at radius 3 is 2.85 bits per heavy atom.